The third-order valence-corrected chi connectivity index (χ3v) is 5.61. The second-order valence-electron chi connectivity index (χ2n) is 5.98. The van der Waals surface area contributed by atoms with Gasteiger partial charge < -0.3 is 19.3 Å². The molecule has 134 valence electrons. The van der Waals surface area contributed by atoms with E-state index in [2.05, 4.69) is 16.8 Å². The quantitative estimate of drug-likeness (QED) is 0.807. The Hall–Kier alpha value is -1.99. The standard InChI is InChI=1S/C18H23N3O3S/c1-4-20-8-10-21(11-9-20)18-19-17(22)15(25-18)12-13-6-5-7-14(23-2)16(13)24-3/h5-7,12H,4,8-11H2,1-3H3/p+1/b15-12-. The number of benzene rings is 1. The largest absolute Gasteiger partial charge is 0.493 e. The number of hydrogen-bond donors (Lipinski definition) is 1. The first kappa shape index (κ1) is 17.8. The predicted octanol–water partition coefficient (Wildman–Crippen LogP) is 0.895. The number of quaternary nitrogens is 1. The van der Waals surface area contributed by atoms with Gasteiger partial charge in [0, 0.05) is 5.56 Å². The van der Waals surface area contributed by atoms with Crippen molar-refractivity contribution in [2.24, 2.45) is 4.99 Å². The highest BCUT2D eigenvalue weighted by molar-refractivity contribution is 8.18. The Labute approximate surface area is 152 Å². The van der Waals surface area contributed by atoms with Crippen LogP contribution in [-0.2, 0) is 4.79 Å². The van der Waals surface area contributed by atoms with Gasteiger partial charge in [0.1, 0.15) is 0 Å². The third-order valence-electron chi connectivity index (χ3n) is 4.57. The number of hydrogen-bond acceptors (Lipinski definition) is 5. The number of rotatable bonds is 4. The van der Waals surface area contributed by atoms with Crippen molar-refractivity contribution in [3.63, 3.8) is 0 Å². The zero-order chi connectivity index (χ0) is 17.8. The van der Waals surface area contributed by atoms with E-state index in [1.807, 2.05) is 24.3 Å². The molecule has 1 fully saturated rings. The van der Waals surface area contributed by atoms with E-state index < -0.39 is 0 Å². The molecule has 1 aromatic carbocycles. The molecule has 0 aliphatic carbocycles. The molecular weight excluding hydrogens is 338 g/mol. The fraction of sp³-hybridized carbons (Fsp3) is 0.444. The number of thioether (sulfide) groups is 1. The van der Waals surface area contributed by atoms with Gasteiger partial charge in [-0.2, -0.15) is 4.99 Å². The first-order valence-corrected chi connectivity index (χ1v) is 9.30. The van der Waals surface area contributed by atoms with Crippen LogP contribution in [0.3, 0.4) is 0 Å². The summed E-state index contributed by atoms with van der Waals surface area (Å²) in [7, 11) is 3.20. The Kier molecular flexibility index (Phi) is 5.65. The molecule has 0 unspecified atom stereocenters. The van der Waals surface area contributed by atoms with Gasteiger partial charge in [-0.05, 0) is 30.8 Å². The van der Waals surface area contributed by atoms with Gasteiger partial charge in [-0.3, -0.25) is 4.79 Å². The van der Waals surface area contributed by atoms with Crippen molar-refractivity contribution in [3.05, 3.63) is 28.7 Å². The van der Waals surface area contributed by atoms with Crippen molar-refractivity contribution in [2.75, 3.05) is 46.9 Å². The van der Waals surface area contributed by atoms with Gasteiger partial charge in [-0.1, -0.05) is 12.1 Å². The molecule has 0 bridgehead atoms. The van der Waals surface area contributed by atoms with Crippen molar-refractivity contribution in [2.45, 2.75) is 6.92 Å². The molecule has 1 amide bonds. The lowest BCUT2D eigenvalue weighted by atomic mass is 10.1. The van der Waals surface area contributed by atoms with E-state index in [9.17, 15) is 4.79 Å². The van der Waals surface area contributed by atoms with Crippen LogP contribution in [0.5, 0.6) is 11.5 Å². The summed E-state index contributed by atoms with van der Waals surface area (Å²) in [6, 6.07) is 5.62. The predicted molar refractivity (Wildman–Crippen MR) is 100 cm³/mol. The van der Waals surface area contributed by atoms with E-state index in [1.165, 1.54) is 11.8 Å². The number of carbonyl (C=O) groups excluding carboxylic acids is 1. The summed E-state index contributed by atoms with van der Waals surface area (Å²) in [6.07, 6.45) is 1.83. The van der Waals surface area contributed by atoms with Crippen LogP contribution in [-0.4, -0.2) is 62.9 Å². The minimum Gasteiger partial charge on any atom is -0.493 e. The van der Waals surface area contributed by atoms with E-state index in [-0.39, 0.29) is 5.91 Å². The Balaban J connectivity index is 1.76. The molecule has 2 heterocycles. The highest BCUT2D eigenvalue weighted by Crippen LogP contribution is 2.36. The molecule has 0 spiro atoms. The fourth-order valence-corrected chi connectivity index (χ4v) is 4.02. The number of likely N-dealkylation sites (N-methyl/N-ethyl adjacent to an activating group) is 1. The second-order valence-corrected chi connectivity index (χ2v) is 6.99. The summed E-state index contributed by atoms with van der Waals surface area (Å²) in [5, 5.41) is 0.813. The maximum atomic E-state index is 12.3. The fourth-order valence-electron chi connectivity index (χ4n) is 3.07. The Morgan fingerprint density at radius 3 is 2.68 bits per heavy atom. The lowest BCUT2D eigenvalue weighted by molar-refractivity contribution is -0.902. The monoisotopic (exact) mass is 362 g/mol. The van der Waals surface area contributed by atoms with Gasteiger partial charge in [0.05, 0.1) is 51.8 Å². The lowest BCUT2D eigenvalue weighted by Crippen LogP contribution is -3.14. The summed E-state index contributed by atoms with van der Waals surface area (Å²) < 4.78 is 10.8. The van der Waals surface area contributed by atoms with Gasteiger partial charge >= 0.3 is 0 Å². The number of piperazine rings is 1. The maximum absolute atomic E-state index is 12.3. The molecule has 0 aromatic heterocycles. The number of amidine groups is 1. The highest BCUT2D eigenvalue weighted by atomic mass is 32.2. The van der Waals surface area contributed by atoms with E-state index >= 15 is 0 Å². The number of ether oxygens (including phenoxy) is 2. The average molecular weight is 362 g/mol. The number of nitrogens with one attached hydrogen (secondary N) is 1. The number of carbonyl (C=O) groups is 1. The molecule has 2 aliphatic rings. The number of aliphatic imine (C=N–C) groups is 1. The van der Waals surface area contributed by atoms with Gasteiger partial charge in [0.25, 0.3) is 5.91 Å². The van der Waals surface area contributed by atoms with Gasteiger partial charge in [0.2, 0.25) is 0 Å². The molecule has 25 heavy (non-hydrogen) atoms. The number of nitrogens with zero attached hydrogens (tertiary/aromatic N) is 2. The third kappa shape index (κ3) is 3.82. The van der Waals surface area contributed by atoms with Crippen LogP contribution in [0.15, 0.2) is 28.1 Å². The normalized spacial score (nSPS) is 20.1. The molecular formula is C18H24N3O3S+. The van der Waals surface area contributed by atoms with Crippen LogP contribution in [0.2, 0.25) is 0 Å². The second kappa shape index (κ2) is 7.93. The Morgan fingerprint density at radius 2 is 2.04 bits per heavy atom. The minimum absolute atomic E-state index is 0.185. The van der Waals surface area contributed by atoms with E-state index in [4.69, 9.17) is 9.47 Å². The summed E-state index contributed by atoms with van der Waals surface area (Å²) in [5.41, 5.74) is 0.814. The molecule has 3 rings (SSSR count). The summed E-state index contributed by atoms with van der Waals surface area (Å²) in [4.78, 5) is 21.0. The van der Waals surface area contributed by atoms with Gasteiger partial charge in [-0.15, -0.1) is 0 Å². The molecule has 7 heteroatoms. The smallest absolute Gasteiger partial charge is 0.286 e. The highest BCUT2D eigenvalue weighted by Gasteiger charge is 2.29. The summed E-state index contributed by atoms with van der Waals surface area (Å²) in [6.45, 7) is 7.42. The number of para-hydroxylation sites is 1. The Morgan fingerprint density at radius 1 is 1.28 bits per heavy atom. The molecule has 0 radical (unpaired) electrons. The van der Waals surface area contributed by atoms with E-state index in [0.717, 1.165) is 43.5 Å². The molecule has 0 saturated carbocycles. The number of amides is 1. The van der Waals surface area contributed by atoms with Gasteiger partial charge in [-0.25, -0.2) is 0 Å². The van der Waals surface area contributed by atoms with E-state index in [1.54, 1.807) is 19.1 Å². The Bertz CT molecular complexity index is 710. The molecule has 0 atom stereocenters. The molecule has 1 saturated heterocycles. The molecule has 6 nitrogen and oxygen atoms in total. The zero-order valence-corrected chi connectivity index (χ0v) is 15.7. The van der Waals surface area contributed by atoms with Gasteiger partial charge in [0.15, 0.2) is 16.7 Å². The van der Waals surface area contributed by atoms with Crippen LogP contribution in [0.1, 0.15) is 12.5 Å². The van der Waals surface area contributed by atoms with Crippen LogP contribution >= 0.6 is 11.8 Å². The molecule has 2 aliphatic heterocycles. The van der Waals surface area contributed by atoms with Crippen LogP contribution in [0.4, 0.5) is 0 Å². The SMILES string of the molecule is CC[NH+]1CCN(C2=NC(=O)/C(=C/c3cccc(OC)c3OC)S2)CC1. The van der Waals surface area contributed by atoms with Crippen molar-refractivity contribution in [1.82, 2.24) is 4.90 Å². The first-order valence-electron chi connectivity index (χ1n) is 8.48. The number of methoxy groups -OCH3 is 2. The molecule has 1 aromatic rings. The average Bonchev–Trinajstić information content (AvgIpc) is 3.02. The first-order chi connectivity index (χ1) is 12.2. The summed E-state index contributed by atoms with van der Waals surface area (Å²) in [5.74, 6) is 1.08. The van der Waals surface area contributed by atoms with Crippen molar-refractivity contribution < 1.29 is 19.2 Å². The van der Waals surface area contributed by atoms with E-state index in [0.29, 0.717) is 16.4 Å². The topological polar surface area (TPSA) is 55.6 Å². The summed E-state index contributed by atoms with van der Waals surface area (Å²) >= 11 is 1.44. The van der Waals surface area contributed by atoms with Crippen LogP contribution < -0.4 is 14.4 Å². The minimum atomic E-state index is -0.185. The maximum Gasteiger partial charge on any atom is 0.286 e. The van der Waals surface area contributed by atoms with Crippen LogP contribution in [0.25, 0.3) is 6.08 Å². The van der Waals surface area contributed by atoms with Crippen molar-refractivity contribution >= 4 is 28.9 Å². The lowest BCUT2D eigenvalue weighted by Gasteiger charge is -2.32. The van der Waals surface area contributed by atoms with Crippen LogP contribution in [0, 0.1) is 0 Å². The van der Waals surface area contributed by atoms with Crippen molar-refractivity contribution in [3.8, 4) is 11.5 Å². The van der Waals surface area contributed by atoms with Crippen molar-refractivity contribution in [1.29, 1.82) is 0 Å². The zero-order valence-electron chi connectivity index (χ0n) is 14.9. The molecule has 1 N–H and O–H groups in total.